The minimum atomic E-state index is -0.505. The minimum absolute atomic E-state index is 0.00846. The molecule has 2 rings (SSSR count). The standard InChI is InChI=1S/C15H23ClN4O3/c1-5-22-13-18-11(16)8-12(19-13)20-7-6-10(9-20)17-14(21)23-15(2,3)4/h8,10H,5-7,9H2,1-4H3,(H,17,21). The third-order valence-corrected chi connectivity index (χ3v) is 3.36. The zero-order valence-corrected chi connectivity index (χ0v) is 14.7. The number of hydrogen-bond donors (Lipinski definition) is 1. The van der Waals surface area contributed by atoms with E-state index in [1.165, 1.54) is 0 Å². The van der Waals surface area contributed by atoms with E-state index in [4.69, 9.17) is 21.1 Å². The number of amides is 1. The first-order valence-corrected chi connectivity index (χ1v) is 8.06. The molecule has 1 aliphatic heterocycles. The maximum Gasteiger partial charge on any atom is 0.407 e. The van der Waals surface area contributed by atoms with Gasteiger partial charge < -0.3 is 19.7 Å². The molecule has 1 unspecified atom stereocenters. The summed E-state index contributed by atoms with van der Waals surface area (Å²) < 4.78 is 10.6. The molecule has 1 aromatic rings. The fraction of sp³-hybridized carbons (Fsp3) is 0.667. The predicted octanol–water partition coefficient (Wildman–Crippen LogP) is 2.63. The van der Waals surface area contributed by atoms with Crippen LogP contribution in [0.1, 0.15) is 34.1 Å². The van der Waals surface area contributed by atoms with Gasteiger partial charge in [0.1, 0.15) is 16.6 Å². The molecular weight excluding hydrogens is 320 g/mol. The van der Waals surface area contributed by atoms with Crippen molar-refractivity contribution in [3.63, 3.8) is 0 Å². The summed E-state index contributed by atoms with van der Waals surface area (Å²) in [6.45, 7) is 9.25. The Labute approximate surface area is 141 Å². The minimum Gasteiger partial charge on any atom is -0.464 e. The summed E-state index contributed by atoms with van der Waals surface area (Å²) in [5.74, 6) is 0.696. The Bertz CT molecular complexity index is 562. The normalized spacial score (nSPS) is 18.0. The molecule has 8 heteroatoms. The zero-order valence-electron chi connectivity index (χ0n) is 13.9. The van der Waals surface area contributed by atoms with Crippen LogP contribution in [0.15, 0.2) is 6.07 Å². The lowest BCUT2D eigenvalue weighted by atomic mass is 10.2. The van der Waals surface area contributed by atoms with Crippen LogP contribution < -0.4 is 15.0 Å². The number of carbonyl (C=O) groups is 1. The van der Waals surface area contributed by atoms with Crippen LogP contribution in [0.25, 0.3) is 0 Å². The molecule has 23 heavy (non-hydrogen) atoms. The van der Waals surface area contributed by atoms with Crippen LogP contribution in [-0.4, -0.2) is 47.4 Å². The van der Waals surface area contributed by atoms with Crippen molar-refractivity contribution in [2.45, 2.75) is 45.8 Å². The average molecular weight is 343 g/mol. The Balaban J connectivity index is 1.96. The molecule has 128 valence electrons. The van der Waals surface area contributed by atoms with Crippen molar-refractivity contribution in [2.24, 2.45) is 0 Å². The fourth-order valence-electron chi connectivity index (χ4n) is 2.30. The number of nitrogens with one attached hydrogen (secondary N) is 1. The molecule has 1 N–H and O–H groups in total. The number of alkyl carbamates (subject to hydrolysis) is 1. The average Bonchev–Trinajstić information content (AvgIpc) is 2.84. The van der Waals surface area contributed by atoms with E-state index in [-0.39, 0.29) is 12.1 Å². The molecule has 1 aromatic heterocycles. The first-order valence-electron chi connectivity index (χ1n) is 7.68. The zero-order chi connectivity index (χ0) is 17.0. The van der Waals surface area contributed by atoms with E-state index in [9.17, 15) is 4.79 Å². The lowest BCUT2D eigenvalue weighted by Crippen LogP contribution is -2.40. The number of hydrogen-bond acceptors (Lipinski definition) is 6. The van der Waals surface area contributed by atoms with Gasteiger partial charge in [-0.3, -0.25) is 0 Å². The molecule has 1 saturated heterocycles. The smallest absolute Gasteiger partial charge is 0.407 e. The first-order chi connectivity index (χ1) is 10.8. The van der Waals surface area contributed by atoms with E-state index in [1.54, 1.807) is 6.07 Å². The van der Waals surface area contributed by atoms with Gasteiger partial charge in [-0.05, 0) is 34.1 Å². The van der Waals surface area contributed by atoms with E-state index in [1.807, 2.05) is 32.6 Å². The molecule has 1 fully saturated rings. The van der Waals surface area contributed by atoms with Crippen molar-refractivity contribution >= 4 is 23.5 Å². The molecular formula is C15H23ClN4O3. The van der Waals surface area contributed by atoms with E-state index < -0.39 is 11.7 Å². The van der Waals surface area contributed by atoms with Crippen molar-refractivity contribution in [3.8, 4) is 6.01 Å². The lowest BCUT2D eigenvalue weighted by Gasteiger charge is -2.22. The van der Waals surface area contributed by atoms with Crippen molar-refractivity contribution in [2.75, 3.05) is 24.6 Å². The molecule has 0 saturated carbocycles. The van der Waals surface area contributed by atoms with Crippen LogP contribution in [0.4, 0.5) is 10.6 Å². The van der Waals surface area contributed by atoms with Gasteiger partial charge in [-0.25, -0.2) is 4.79 Å². The van der Waals surface area contributed by atoms with Gasteiger partial charge in [0.15, 0.2) is 0 Å². The Hall–Kier alpha value is -1.76. The quantitative estimate of drug-likeness (QED) is 0.848. The second kappa shape index (κ2) is 7.21. The Kier molecular flexibility index (Phi) is 5.51. The van der Waals surface area contributed by atoms with E-state index in [0.29, 0.717) is 24.1 Å². The molecule has 1 aliphatic rings. The van der Waals surface area contributed by atoms with E-state index in [2.05, 4.69) is 15.3 Å². The first kappa shape index (κ1) is 17.6. The molecule has 0 aromatic carbocycles. The van der Waals surface area contributed by atoms with Gasteiger partial charge >= 0.3 is 12.1 Å². The lowest BCUT2D eigenvalue weighted by molar-refractivity contribution is 0.0509. The third kappa shape index (κ3) is 5.42. The van der Waals surface area contributed by atoms with Gasteiger partial charge in [0, 0.05) is 19.2 Å². The van der Waals surface area contributed by atoms with Crippen LogP contribution in [0.3, 0.4) is 0 Å². The number of ether oxygens (including phenoxy) is 2. The van der Waals surface area contributed by atoms with Gasteiger partial charge in [0.05, 0.1) is 12.6 Å². The summed E-state index contributed by atoms with van der Waals surface area (Å²) in [6, 6.07) is 1.97. The highest BCUT2D eigenvalue weighted by Crippen LogP contribution is 2.23. The second-order valence-electron chi connectivity index (χ2n) is 6.34. The third-order valence-electron chi connectivity index (χ3n) is 3.17. The summed E-state index contributed by atoms with van der Waals surface area (Å²) in [4.78, 5) is 22.2. The Morgan fingerprint density at radius 3 is 2.87 bits per heavy atom. The second-order valence-corrected chi connectivity index (χ2v) is 6.73. The van der Waals surface area contributed by atoms with Gasteiger partial charge in [0.2, 0.25) is 0 Å². The number of rotatable bonds is 4. The van der Waals surface area contributed by atoms with Gasteiger partial charge in [0.25, 0.3) is 0 Å². The number of nitrogens with zero attached hydrogens (tertiary/aromatic N) is 3. The summed E-state index contributed by atoms with van der Waals surface area (Å²) >= 11 is 6.01. The summed E-state index contributed by atoms with van der Waals surface area (Å²) in [5, 5.41) is 3.21. The molecule has 0 radical (unpaired) electrons. The maximum atomic E-state index is 11.8. The van der Waals surface area contributed by atoms with Crippen LogP contribution in [0, 0.1) is 0 Å². The van der Waals surface area contributed by atoms with Crippen molar-refractivity contribution in [1.82, 2.24) is 15.3 Å². The van der Waals surface area contributed by atoms with Crippen LogP contribution in [0.5, 0.6) is 6.01 Å². The van der Waals surface area contributed by atoms with Crippen LogP contribution >= 0.6 is 11.6 Å². The molecule has 7 nitrogen and oxygen atoms in total. The highest BCUT2D eigenvalue weighted by atomic mass is 35.5. The van der Waals surface area contributed by atoms with Crippen LogP contribution in [-0.2, 0) is 4.74 Å². The number of aromatic nitrogens is 2. The van der Waals surface area contributed by atoms with E-state index in [0.717, 1.165) is 13.0 Å². The van der Waals surface area contributed by atoms with Gasteiger partial charge in [-0.15, -0.1) is 0 Å². The molecule has 0 aliphatic carbocycles. The number of carbonyl (C=O) groups excluding carboxylic acids is 1. The molecule has 0 spiro atoms. The molecule has 2 heterocycles. The monoisotopic (exact) mass is 342 g/mol. The highest BCUT2D eigenvalue weighted by Gasteiger charge is 2.27. The Morgan fingerprint density at radius 2 is 2.22 bits per heavy atom. The van der Waals surface area contributed by atoms with Gasteiger partial charge in [-0.2, -0.15) is 9.97 Å². The van der Waals surface area contributed by atoms with E-state index >= 15 is 0 Å². The molecule has 0 bridgehead atoms. The summed E-state index contributed by atoms with van der Waals surface area (Å²) in [7, 11) is 0. The van der Waals surface area contributed by atoms with Crippen molar-refractivity contribution < 1.29 is 14.3 Å². The van der Waals surface area contributed by atoms with Gasteiger partial charge in [-0.1, -0.05) is 11.6 Å². The van der Waals surface area contributed by atoms with Crippen molar-refractivity contribution in [3.05, 3.63) is 11.2 Å². The number of anilines is 1. The topological polar surface area (TPSA) is 76.6 Å². The molecule has 1 atom stereocenters. The molecule has 1 amide bonds. The fourth-order valence-corrected chi connectivity index (χ4v) is 2.47. The predicted molar refractivity (Wildman–Crippen MR) is 88.2 cm³/mol. The number of halogens is 1. The van der Waals surface area contributed by atoms with Crippen LogP contribution in [0.2, 0.25) is 5.15 Å². The summed E-state index contributed by atoms with van der Waals surface area (Å²) in [6.07, 6.45) is 0.408. The largest absolute Gasteiger partial charge is 0.464 e. The Morgan fingerprint density at radius 1 is 1.48 bits per heavy atom. The highest BCUT2D eigenvalue weighted by molar-refractivity contribution is 6.29. The SMILES string of the molecule is CCOc1nc(Cl)cc(N2CCC(NC(=O)OC(C)(C)C)C2)n1. The maximum absolute atomic E-state index is 11.8. The van der Waals surface area contributed by atoms with Crippen molar-refractivity contribution in [1.29, 1.82) is 0 Å². The summed E-state index contributed by atoms with van der Waals surface area (Å²) in [5.41, 5.74) is -0.505.